The molecule has 4 heterocycles. The molecule has 1 aromatic carbocycles. The number of carbonyl (C=O) groups excluding carboxylic acids is 2. The maximum absolute atomic E-state index is 13.9. The summed E-state index contributed by atoms with van der Waals surface area (Å²) >= 11 is 0. The minimum Gasteiger partial charge on any atom is -0.503 e. The van der Waals surface area contributed by atoms with E-state index in [-0.39, 0.29) is 11.7 Å². The summed E-state index contributed by atoms with van der Waals surface area (Å²) in [7, 11) is 0. The minimum atomic E-state index is -1.19. The fraction of sp³-hybridized carbons (Fsp3) is 0.435. The molecular weight excluding hydrogens is 455 g/mol. The minimum absolute atomic E-state index is 0.120. The van der Waals surface area contributed by atoms with Crippen molar-refractivity contribution in [2.75, 3.05) is 13.2 Å². The zero-order chi connectivity index (χ0) is 24.4. The van der Waals surface area contributed by atoms with Crippen LogP contribution in [0.2, 0.25) is 0 Å². The molecule has 1 aromatic heterocycles. The molecule has 0 aliphatic carbocycles. The summed E-state index contributed by atoms with van der Waals surface area (Å²) in [4.78, 5) is 40.4. The number of pyridine rings is 1. The van der Waals surface area contributed by atoms with Gasteiger partial charge >= 0.3 is 0 Å². The van der Waals surface area contributed by atoms with E-state index >= 15 is 0 Å². The van der Waals surface area contributed by atoms with E-state index in [1.807, 2.05) is 6.92 Å². The molecule has 1 spiro atoms. The Labute approximate surface area is 191 Å². The van der Waals surface area contributed by atoms with Crippen molar-refractivity contribution in [3.8, 4) is 5.75 Å². The lowest BCUT2D eigenvalue weighted by Crippen LogP contribution is -2.56. The summed E-state index contributed by atoms with van der Waals surface area (Å²) in [5.74, 6) is -5.87. The maximum Gasteiger partial charge on any atom is 0.274 e. The van der Waals surface area contributed by atoms with Crippen LogP contribution >= 0.6 is 0 Å². The third kappa shape index (κ3) is 3.29. The lowest BCUT2D eigenvalue weighted by Gasteiger charge is -2.49. The van der Waals surface area contributed by atoms with Crippen molar-refractivity contribution >= 4 is 11.8 Å². The van der Waals surface area contributed by atoms with Crippen molar-refractivity contribution in [3.05, 3.63) is 62.8 Å². The van der Waals surface area contributed by atoms with Crippen molar-refractivity contribution < 1.29 is 32.6 Å². The van der Waals surface area contributed by atoms with Crippen molar-refractivity contribution in [2.45, 2.75) is 50.4 Å². The van der Waals surface area contributed by atoms with Crippen LogP contribution in [0.5, 0.6) is 5.75 Å². The summed E-state index contributed by atoms with van der Waals surface area (Å²) in [6.07, 6.45) is 3.27. The number of carbonyl (C=O) groups is 2. The molecule has 5 rings (SSSR count). The molecule has 2 N–H and O–H groups in total. The first-order valence-electron chi connectivity index (χ1n) is 11.0. The van der Waals surface area contributed by atoms with Crippen LogP contribution < -0.4 is 10.7 Å². The number of fused-ring (bicyclic) bond motifs is 5. The molecule has 2 fully saturated rings. The molecule has 3 aliphatic heterocycles. The first-order chi connectivity index (χ1) is 16.1. The van der Waals surface area contributed by atoms with E-state index in [9.17, 15) is 32.7 Å². The largest absolute Gasteiger partial charge is 0.503 e. The van der Waals surface area contributed by atoms with Gasteiger partial charge in [0.25, 0.3) is 11.8 Å². The fourth-order valence-electron chi connectivity index (χ4n) is 5.14. The Morgan fingerprint density at radius 3 is 2.53 bits per heavy atom. The predicted octanol–water partition coefficient (Wildman–Crippen LogP) is 2.24. The zero-order valence-electron chi connectivity index (χ0n) is 18.2. The molecule has 2 amide bonds. The quantitative estimate of drug-likeness (QED) is 0.706. The van der Waals surface area contributed by atoms with Gasteiger partial charge in [0.1, 0.15) is 23.0 Å². The molecule has 2 aromatic rings. The Bertz CT molecular complexity index is 1250. The molecule has 11 heteroatoms. The summed E-state index contributed by atoms with van der Waals surface area (Å²) in [6, 6.07) is 0.411. The van der Waals surface area contributed by atoms with Crippen LogP contribution in [0.1, 0.15) is 58.6 Å². The third-order valence-electron chi connectivity index (χ3n) is 7.19. The summed E-state index contributed by atoms with van der Waals surface area (Å²) < 4.78 is 48.4. The number of ether oxygens (including phenoxy) is 1. The van der Waals surface area contributed by atoms with E-state index in [1.54, 1.807) is 4.90 Å². The Morgan fingerprint density at radius 1 is 1.24 bits per heavy atom. The first-order valence-corrected chi connectivity index (χ1v) is 11.0. The second kappa shape index (κ2) is 7.86. The van der Waals surface area contributed by atoms with E-state index in [0.29, 0.717) is 38.1 Å². The number of aromatic nitrogens is 1. The van der Waals surface area contributed by atoms with Gasteiger partial charge in [0.2, 0.25) is 5.43 Å². The Balaban J connectivity index is 1.53. The molecule has 34 heavy (non-hydrogen) atoms. The predicted molar refractivity (Wildman–Crippen MR) is 112 cm³/mol. The molecule has 8 nitrogen and oxygen atoms in total. The summed E-state index contributed by atoms with van der Waals surface area (Å²) in [5, 5.41) is 12.9. The molecule has 3 atom stereocenters. The van der Waals surface area contributed by atoms with E-state index in [2.05, 4.69) is 5.32 Å². The fourth-order valence-corrected chi connectivity index (χ4v) is 5.14. The highest BCUT2D eigenvalue weighted by atomic mass is 19.1. The molecule has 2 bridgehead atoms. The highest BCUT2D eigenvalue weighted by Crippen LogP contribution is 2.47. The van der Waals surface area contributed by atoms with Gasteiger partial charge in [-0.05, 0) is 19.8 Å². The number of halogens is 3. The molecule has 180 valence electrons. The number of rotatable bonds is 3. The smallest absolute Gasteiger partial charge is 0.274 e. The number of nitrogens with zero attached hydrogens (tertiary/aromatic N) is 2. The number of benzene rings is 1. The average Bonchev–Trinajstić information content (AvgIpc) is 2.88. The second-order valence-electron chi connectivity index (χ2n) is 9.03. The summed E-state index contributed by atoms with van der Waals surface area (Å²) in [6.45, 7) is 2.08. The molecule has 0 unspecified atom stereocenters. The molecule has 0 radical (unpaired) electrons. The van der Waals surface area contributed by atoms with E-state index in [0.717, 1.165) is 6.42 Å². The number of hydrogen-bond acceptors (Lipinski definition) is 5. The lowest BCUT2D eigenvalue weighted by molar-refractivity contribution is -0.179. The highest BCUT2D eigenvalue weighted by Gasteiger charge is 2.53. The van der Waals surface area contributed by atoms with Gasteiger partial charge in [-0.3, -0.25) is 14.4 Å². The van der Waals surface area contributed by atoms with Crippen molar-refractivity contribution in [3.63, 3.8) is 0 Å². The Kier molecular flexibility index (Phi) is 5.19. The van der Waals surface area contributed by atoms with Gasteiger partial charge in [-0.25, -0.2) is 13.2 Å². The second-order valence-corrected chi connectivity index (χ2v) is 9.03. The SMILES string of the molecule is C[C@H]1CC[C@@]2(CCO2)[C@H]2CN1C(=O)c1c(O)c(=O)c(C(=O)NCc3c(F)cc(F)cc3F)cn12. The Morgan fingerprint density at radius 2 is 1.91 bits per heavy atom. The molecule has 2 saturated heterocycles. The lowest BCUT2D eigenvalue weighted by atomic mass is 9.81. The highest BCUT2D eigenvalue weighted by molar-refractivity contribution is 5.99. The molecule has 0 saturated carbocycles. The van der Waals surface area contributed by atoms with Crippen molar-refractivity contribution in [2.24, 2.45) is 0 Å². The Hall–Kier alpha value is -3.34. The number of aromatic hydroxyl groups is 1. The number of amides is 2. The van der Waals surface area contributed by atoms with Crippen LogP contribution in [0, 0.1) is 17.5 Å². The standard InChI is InChI=1S/C23H22F3N3O5/c1-11-2-3-23(4-5-34-23)17-10-28(11)22(33)18-20(31)19(30)14(9-29(17)18)21(32)27-8-13-15(25)6-12(24)7-16(13)26/h6-7,9,11,17,31H,2-5,8,10H2,1H3,(H,27,32)/t11-,17+,23+/m0/s1. The average molecular weight is 477 g/mol. The monoisotopic (exact) mass is 477 g/mol. The molecular formula is C23H22F3N3O5. The van der Waals surface area contributed by atoms with E-state index in [1.165, 1.54) is 10.8 Å². The van der Waals surface area contributed by atoms with Gasteiger partial charge < -0.3 is 24.6 Å². The van der Waals surface area contributed by atoms with E-state index in [4.69, 9.17) is 4.74 Å². The van der Waals surface area contributed by atoms with Gasteiger partial charge in [-0.2, -0.15) is 0 Å². The maximum atomic E-state index is 13.9. The van der Waals surface area contributed by atoms with Crippen molar-refractivity contribution in [1.29, 1.82) is 0 Å². The van der Waals surface area contributed by atoms with Crippen LogP contribution in [0.4, 0.5) is 13.2 Å². The van der Waals surface area contributed by atoms with Gasteiger partial charge in [-0.15, -0.1) is 0 Å². The first kappa shape index (κ1) is 22.5. The van der Waals surface area contributed by atoms with Crippen LogP contribution in [0.15, 0.2) is 23.1 Å². The van der Waals surface area contributed by atoms with Gasteiger partial charge in [0.15, 0.2) is 11.4 Å². The van der Waals surface area contributed by atoms with Crippen LogP contribution in [-0.4, -0.2) is 51.2 Å². The normalized spacial score (nSPS) is 25.5. The third-order valence-corrected chi connectivity index (χ3v) is 7.19. The number of hydrogen-bond donors (Lipinski definition) is 2. The summed E-state index contributed by atoms with van der Waals surface area (Å²) in [5.41, 5.74) is -2.95. The van der Waals surface area contributed by atoms with E-state index < -0.39 is 69.8 Å². The van der Waals surface area contributed by atoms with Crippen LogP contribution in [0.3, 0.4) is 0 Å². The van der Waals surface area contributed by atoms with Gasteiger partial charge in [0.05, 0.1) is 18.2 Å². The van der Waals surface area contributed by atoms with Gasteiger partial charge in [-0.1, -0.05) is 0 Å². The zero-order valence-corrected chi connectivity index (χ0v) is 18.2. The number of nitrogens with one attached hydrogen (secondary N) is 1. The van der Waals surface area contributed by atoms with Crippen molar-refractivity contribution in [1.82, 2.24) is 14.8 Å². The topological polar surface area (TPSA) is 101 Å². The van der Waals surface area contributed by atoms with Gasteiger partial charge in [0, 0.05) is 49.4 Å². The molecule has 3 aliphatic rings. The van der Waals surface area contributed by atoms with Crippen LogP contribution in [0.25, 0.3) is 0 Å². The van der Waals surface area contributed by atoms with Crippen LogP contribution in [-0.2, 0) is 11.3 Å².